The molecule has 104 valence electrons. The largest absolute Gasteiger partial charge is 0.381 e. The van der Waals surface area contributed by atoms with E-state index in [1.54, 1.807) is 0 Å². The van der Waals surface area contributed by atoms with Gasteiger partial charge in [-0.3, -0.25) is 4.90 Å². The quantitative estimate of drug-likeness (QED) is 0.808. The topological polar surface area (TPSA) is 12.5 Å². The van der Waals surface area contributed by atoms with Crippen LogP contribution in [-0.4, -0.2) is 37.2 Å². The number of fused-ring (bicyclic) bond motifs is 1. The molecule has 2 aliphatic heterocycles. The van der Waals surface area contributed by atoms with Gasteiger partial charge in [-0.15, -0.1) is 0 Å². The number of nitrogens with zero attached hydrogens (tertiary/aromatic N) is 1. The molecule has 19 heavy (non-hydrogen) atoms. The Hall–Kier alpha value is -0.860. The summed E-state index contributed by atoms with van der Waals surface area (Å²) >= 11 is 0. The minimum Gasteiger partial charge on any atom is -0.381 e. The molecule has 1 aromatic carbocycles. The van der Waals surface area contributed by atoms with Gasteiger partial charge in [-0.05, 0) is 31.2 Å². The highest BCUT2D eigenvalue weighted by atomic mass is 16.5. The molecule has 0 aromatic heterocycles. The van der Waals surface area contributed by atoms with Crippen molar-refractivity contribution in [3.05, 3.63) is 35.9 Å². The second-order valence-corrected chi connectivity index (χ2v) is 6.47. The standard InChI is InChI=1S/C17H25NO/c1-17(14-6-4-3-5-7-14)10-8-15-12-16(19-2)9-11-18(15)13-17/h3-7,15-16H,8-13H2,1-2H3. The second-order valence-electron chi connectivity index (χ2n) is 6.47. The van der Waals surface area contributed by atoms with E-state index in [1.165, 1.54) is 44.3 Å². The number of rotatable bonds is 2. The van der Waals surface area contributed by atoms with Crippen LogP contribution in [0.25, 0.3) is 0 Å². The molecule has 0 N–H and O–H groups in total. The summed E-state index contributed by atoms with van der Waals surface area (Å²) in [5.74, 6) is 0. The summed E-state index contributed by atoms with van der Waals surface area (Å²) in [6.07, 6.45) is 5.52. The summed E-state index contributed by atoms with van der Waals surface area (Å²) < 4.78 is 5.55. The number of methoxy groups -OCH3 is 1. The molecule has 0 amide bonds. The first-order valence-electron chi connectivity index (χ1n) is 7.54. The van der Waals surface area contributed by atoms with Crippen LogP contribution in [0.15, 0.2) is 30.3 Å². The Bertz CT molecular complexity index is 419. The Labute approximate surface area is 116 Å². The van der Waals surface area contributed by atoms with E-state index in [-0.39, 0.29) is 0 Å². The van der Waals surface area contributed by atoms with E-state index in [0.717, 1.165) is 6.04 Å². The van der Waals surface area contributed by atoms with Crippen molar-refractivity contribution in [2.75, 3.05) is 20.2 Å². The van der Waals surface area contributed by atoms with Gasteiger partial charge in [0, 0.05) is 31.7 Å². The molecule has 0 spiro atoms. The number of hydrogen-bond acceptors (Lipinski definition) is 2. The Kier molecular flexibility index (Phi) is 3.64. The second kappa shape index (κ2) is 5.26. The van der Waals surface area contributed by atoms with E-state index in [2.05, 4.69) is 42.2 Å². The van der Waals surface area contributed by atoms with Gasteiger partial charge >= 0.3 is 0 Å². The molecule has 3 rings (SSSR count). The fraction of sp³-hybridized carbons (Fsp3) is 0.647. The van der Waals surface area contributed by atoms with E-state index in [1.807, 2.05) is 7.11 Å². The van der Waals surface area contributed by atoms with Crippen LogP contribution < -0.4 is 0 Å². The molecule has 0 radical (unpaired) electrons. The molecule has 2 saturated heterocycles. The number of hydrogen-bond donors (Lipinski definition) is 0. The third-order valence-corrected chi connectivity index (χ3v) is 5.18. The van der Waals surface area contributed by atoms with Crippen LogP contribution >= 0.6 is 0 Å². The fourth-order valence-electron chi connectivity index (χ4n) is 3.87. The van der Waals surface area contributed by atoms with Crippen LogP contribution in [0.3, 0.4) is 0 Å². The lowest BCUT2D eigenvalue weighted by molar-refractivity contribution is -0.0177. The number of benzene rings is 1. The van der Waals surface area contributed by atoms with Gasteiger partial charge < -0.3 is 4.74 Å². The molecule has 2 fully saturated rings. The maximum atomic E-state index is 5.55. The zero-order chi connectivity index (χ0) is 13.3. The molecule has 2 heterocycles. The summed E-state index contributed by atoms with van der Waals surface area (Å²) in [5, 5.41) is 0. The van der Waals surface area contributed by atoms with Crippen molar-refractivity contribution in [2.24, 2.45) is 0 Å². The number of ether oxygens (including phenoxy) is 1. The van der Waals surface area contributed by atoms with Crippen LogP contribution in [0.5, 0.6) is 0 Å². The lowest BCUT2D eigenvalue weighted by atomic mass is 9.72. The lowest BCUT2D eigenvalue weighted by Gasteiger charge is -2.49. The van der Waals surface area contributed by atoms with E-state index in [9.17, 15) is 0 Å². The van der Waals surface area contributed by atoms with Gasteiger partial charge in [0.1, 0.15) is 0 Å². The summed E-state index contributed by atoms with van der Waals surface area (Å²) in [4.78, 5) is 2.70. The molecule has 0 aliphatic carbocycles. The van der Waals surface area contributed by atoms with Gasteiger partial charge in [0.15, 0.2) is 0 Å². The monoisotopic (exact) mass is 259 g/mol. The molecule has 2 aliphatic rings. The average Bonchev–Trinajstić information content (AvgIpc) is 2.47. The Balaban J connectivity index is 1.73. The van der Waals surface area contributed by atoms with Crippen LogP contribution in [0.1, 0.15) is 38.2 Å². The Morgan fingerprint density at radius 1 is 1.21 bits per heavy atom. The van der Waals surface area contributed by atoms with Crippen molar-refractivity contribution in [2.45, 2.75) is 50.2 Å². The smallest absolute Gasteiger partial charge is 0.0598 e. The van der Waals surface area contributed by atoms with Gasteiger partial charge in [-0.2, -0.15) is 0 Å². The predicted octanol–water partition coefficient (Wildman–Crippen LogP) is 3.22. The van der Waals surface area contributed by atoms with Crippen molar-refractivity contribution >= 4 is 0 Å². The van der Waals surface area contributed by atoms with Crippen molar-refractivity contribution < 1.29 is 4.74 Å². The normalized spacial score (nSPS) is 35.9. The average molecular weight is 259 g/mol. The fourth-order valence-corrected chi connectivity index (χ4v) is 3.87. The SMILES string of the molecule is COC1CCN2CC(C)(c3ccccc3)CCC2C1. The first kappa shape index (κ1) is 13.1. The molecule has 0 saturated carbocycles. The molecule has 2 nitrogen and oxygen atoms in total. The Morgan fingerprint density at radius 2 is 2.00 bits per heavy atom. The molecular weight excluding hydrogens is 234 g/mol. The summed E-state index contributed by atoms with van der Waals surface area (Å²) in [6.45, 7) is 4.84. The van der Waals surface area contributed by atoms with Crippen LogP contribution in [0.4, 0.5) is 0 Å². The minimum atomic E-state index is 0.331. The summed E-state index contributed by atoms with van der Waals surface area (Å²) in [5.41, 5.74) is 1.83. The highest BCUT2D eigenvalue weighted by Crippen LogP contribution is 2.39. The van der Waals surface area contributed by atoms with Gasteiger partial charge in [0.05, 0.1) is 6.10 Å². The predicted molar refractivity (Wildman–Crippen MR) is 78.4 cm³/mol. The molecular formula is C17H25NO. The van der Waals surface area contributed by atoms with Gasteiger partial charge in [-0.25, -0.2) is 0 Å². The van der Waals surface area contributed by atoms with Gasteiger partial charge in [0.2, 0.25) is 0 Å². The molecule has 1 aromatic rings. The Morgan fingerprint density at radius 3 is 2.74 bits per heavy atom. The van der Waals surface area contributed by atoms with E-state index < -0.39 is 0 Å². The van der Waals surface area contributed by atoms with Crippen LogP contribution in [-0.2, 0) is 10.2 Å². The molecule has 0 bridgehead atoms. The zero-order valence-electron chi connectivity index (χ0n) is 12.1. The molecule has 3 unspecified atom stereocenters. The van der Waals surface area contributed by atoms with E-state index in [0.29, 0.717) is 11.5 Å². The first-order chi connectivity index (χ1) is 9.21. The maximum Gasteiger partial charge on any atom is 0.0598 e. The van der Waals surface area contributed by atoms with Gasteiger partial charge in [0.25, 0.3) is 0 Å². The summed E-state index contributed by atoms with van der Waals surface area (Å²) in [7, 11) is 1.86. The minimum absolute atomic E-state index is 0.331. The maximum absolute atomic E-state index is 5.55. The lowest BCUT2D eigenvalue weighted by Crippen LogP contribution is -2.54. The number of piperidine rings is 2. The zero-order valence-corrected chi connectivity index (χ0v) is 12.1. The molecule has 2 heteroatoms. The van der Waals surface area contributed by atoms with Crippen LogP contribution in [0, 0.1) is 0 Å². The van der Waals surface area contributed by atoms with Crippen molar-refractivity contribution in [3.63, 3.8) is 0 Å². The highest BCUT2D eigenvalue weighted by Gasteiger charge is 2.39. The molecule has 3 atom stereocenters. The first-order valence-corrected chi connectivity index (χ1v) is 7.54. The van der Waals surface area contributed by atoms with Crippen molar-refractivity contribution in [1.82, 2.24) is 4.90 Å². The van der Waals surface area contributed by atoms with Crippen LogP contribution in [0.2, 0.25) is 0 Å². The van der Waals surface area contributed by atoms with Crippen molar-refractivity contribution in [1.29, 1.82) is 0 Å². The highest BCUT2D eigenvalue weighted by molar-refractivity contribution is 5.26. The van der Waals surface area contributed by atoms with E-state index in [4.69, 9.17) is 4.74 Å². The van der Waals surface area contributed by atoms with Gasteiger partial charge in [-0.1, -0.05) is 37.3 Å². The van der Waals surface area contributed by atoms with E-state index >= 15 is 0 Å². The van der Waals surface area contributed by atoms with Crippen molar-refractivity contribution in [3.8, 4) is 0 Å². The third-order valence-electron chi connectivity index (χ3n) is 5.18. The third kappa shape index (κ3) is 2.56. The summed E-state index contributed by atoms with van der Waals surface area (Å²) in [6, 6.07) is 11.8.